The van der Waals surface area contributed by atoms with Gasteiger partial charge in [-0.25, -0.2) is 15.0 Å². The van der Waals surface area contributed by atoms with E-state index in [0.717, 1.165) is 72.2 Å². The van der Waals surface area contributed by atoms with Gasteiger partial charge in [0.25, 0.3) is 0 Å². The van der Waals surface area contributed by atoms with Crippen molar-refractivity contribution < 1.29 is 0 Å². The summed E-state index contributed by atoms with van der Waals surface area (Å²) in [4.78, 5) is 16.1. The van der Waals surface area contributed by atoms with Crippen LogP contribution in [0.4, 0.5) is 0 Å². The van der Waals surface area contributed by atoms with Crippen LogP contribution < -0.4 is 0 Å². The van der Waals surface area contributed by atoms with Crippen molar-refractivity contribution in [3.05, 3.63) is 206 Å². The Morgan fingerprint density at radius 3 is 1.59 bits per heavy atom. The Balaban J connectivity index is 1.11. The number of hydrogen-bond donors (Lipinski definition) is 0. The molecule has 59 heavy (non-hydrogen) atoms. The molecule has 0 radical (unpaired) electrons. The third-order valence-electron chi connectivity index (χ3n) is 11.7. The molecule has 0 aliphatic carbocycles. The van der Waals surface area contributed by atoms with Gasteiger partial charge in [-0.2, -0.15) is 0 Å². The average molecular weight is 751 g/mol. The number of rotatable bonds is 5. The first-order chi connectivity index (χ1) is 29.2. The summed E-state index contributed by atoms with van der Waals surface area (Å²) in [5, 5.41) is 10.5. The molecule has 0 aliphatic heterocycles. The zero-order valence-corrected chi connectivity index (χ0v) is 31.9. The van der Waals surface area contributed by atoms with Crippen LogP contribution in [0.2, 0.25) is 0 Å². The Labute approximate surface area is 340 Å². The van der Waals surface area contributed by atoms with Crippen LogP contribution in [0, 0.1) is 0 Å². The summed E-state index contributed by atoms with van der Waals surface area (Å²) < 4.78 is 2.37. The van der Waals surface area contributed by atoms with E-state index in [1.165, 1.54) is 37.8 Å². The van der Waals surface area contributed by atoms with Gasteiger partial charge in [0.15, 0.2) is 5.82 Å². The number of fused-ring (bicyclic) bond motifs is 9. The van der Waals surface area contributed by atoms with Crippen LogP contribution in [-0.4, -0.2) is 19.5 Å². The summed E-state index contributed by atoms with van der Waals surface area (Å²) in [6.45, 7) is 0. The van der Waals surface area contributed by atoms with Gasteiger partial charge in [0.05, 0.1) is 33.6 Å². The van der Waals surface area contributed by atoms with Gasteiger partial charge in [0.1, 0.15) is 0 Å². The third kappa shape index (κ3) is 5.49. The Morgan fingerprint density at radius 2 is 0.898 bits per heavy atom. The van der Waals surface area contributed by atoms with Crippen LogP contribution in [0.5, 0.6) is 0 Å². The standard InChI is InChI=1S/C55H34N4/c1-3-15-37(16-4-1)54-53-45(29-30-51-52(53)46-21-11-12-22-50(46)59(51)43-19-5-2-6-20-43)44-28-27-42(33-49(44)56-54)55-57-47(40-25-23-35-13-7-9-17-38(35)31-40)34-48(58-55)41-26-24-36-14-8-10-18-39(36)32-41/h1-34H. The van der Waals surface area contributed by atoms with E-state index in [-0.39, 0.29) is 0 Å². The Morgan fingerprint density at radius 1 is 0.322 bits per heavy atom. The van der Waals surface area contributed by atoms with E-state index in [4.69, 9.17) is 15.0 Å². The number of hydrogen-bond acceptors (Lipinski definition) is 3. The molecule has 3 heterocycles. The minimum Gasteiger partial charge on any atom is -0.309 e. The predicted octanol–water partition coefficient (Wildman–Crippen LogP) is 14.2. The molecule has 0 saturated carbocycles. The molecule has 0 unspecified atom stereocenters. The lowest BCUT2D eigenvalue weighted by molar-refractivity contribution is 1.18. The van der Waals surface area contributed by atoms with Crippen molar-refractivity contribution in [2.45, 2.75) is 0 Å². The smallest absolute Gasteiger partial charge is 0.160 e. The summed E-state index contributed by atoms with van der Waals surface area (Å²) in [7, 11) is 0. The molecule has 0 fully saturated rings. The van der Waals surface area contributed by atoms with Crippen molar-refractivity contribution in [3.8, 4) is 50.8 Å². The van der Waals surface area contributed by atoms with E-state index < -0.39 is 0 Å². The molecule has 12 aromatic rings. The predicted molar refractivity (Wildman–Crippen MR) is 246 cm³/mol. The first-order valence-corrected chi connectivity index (χ1v) is 20.0. The van der Waals surface area contributed by atoms with Gasteiger partial charge in [-0.05, 0) is 75.5 Å². The first kappa shape index (κ1) is 33.2. The van der Waals surface area contributed by atoms with E-state index in [9.17, 15) is 0 Å². The summed E-state index contributed by atoms with van der Waals surface area (Å²) in [6, 6.07) is 73.2. The van der Waals surface area contributed by atoms with Crippen molar-refractivity contribution in [1.29, 1.82) is 0 Å². The van der Waals surface area contributed by atoms with Gasteiger partial charge in [-0.3, -0.25) is 0 Å². The molecule has 0 atom stereocenters. The fourth-order valence-corrected chi connectivity index (χ4v) is 8.93. The Bertz CT molecular complexity index is 3510. The fraction of sp³-hybridized carbons (Fsp3) is 0. The van der Waals surface area contributed by atoms with Crippen molar-refractivity contribution in [1.82, 2.24) is 19.5 Å². The van der Waals surface area contributed by atoms with Gasteiger partial charge in [0.2, 0.25) is 0 Å². The molecule has 9 aromatic carbocycles. The number of aromatic nitrogens is 4. The maximum atomic E-state index is 5.56. The van der Waals surface area contributed by atoms with Crippen molar-refractivity contribution in [3.63, 3.8) is 0 Å². The van der Waals surface area contributed by atoms with Crippen molar-refractivity contribution in [2.24, 2.45) is 0 Å². The number of nitrogens with zero attached hydrogens (tertiary/aromatic N) is 4. The summed E-state index contributed by atoms with van der Waals surface area (Å²) >= 11 is 0. The van der Waals surface area contributed by atoms with Crippen LogP contribution in [-0.2, 0) is 0 Å². The number of para-hydroxylation sites is 2. The van der Waals surface area contributed by atoms with Crippen LogP contribution >= 0.6 is 0 Å². The number of benzene rings is 9. The quantitative estimate of drug-likeness (QED) is 0.165. The second-order valence-electron chi connectivity index (χ2n) is 15.2. The molecule has 0 spiro atoms. The topological polar surface area (TPSA) is 43.6 Å². The highest BCUT2D eigenvalue weighted by Crippen LogP contribution is 2.43. The third-order valence-corrected chi connectivity index (χ3v) is 11.7. The zero-order chi connectivity index (χ0) is 38.9. The van der Waals surface area contributed by atoms with E-state index >= 15 is 0 Å². The maximum absolute atomic E-state index is 5.56. The zero-order valence-electron chi connectivity index (χ0n) is 31.9. The Kier molecular flexibility index (Phi) is 7.50. The largest absolute Gasteiger partial charge is 0.309 e. The van der Waals surface area contributed by atoms with E-state index in [0.29, 0.717) is 5.82 Å². The van der Waals surface area contributed by atoms with Crippen LogP contribution in [0.25, 0.3) is 116 Å². The second kappa shape index (κ2) is 13.3. The lowest BCUT2D eigenvalue weighted by atomic mass is 9.95. The molecule has 274 valence electrons. The fourth-order valence-electron chi connectivity index (χ4n) is 8.93. The molecular weight excluding hydrogens is 717 g/mol. The minimum atomic E-state index is 0.658. The highest BCUT2D eigenvalue weighted by atomic mass is 15.0. The maximum Gasteiger partial charge on any atom is 0.160 e. The van der Waals surface area contributed by atoms with E-state index in [1.54, 1.807) is 0 Å². The molecule has 4 heteroatoms. The van der Waals surface area contributed by atoms with E-state index in [1.807, 2.05) is 0 Å². The Hall–Kier alpha value is -7.95. The van der Waals surface area contributed by atoms with Crippen LogP contribution in [0.15, 0.2) is 206 Å². The lowest BCUT2D eigenvalue weighted by Crippen LogP contribution is -1.97. The normalized spacial score (nSPS) is 11.7. The van der Waals surface area contributed by atoms with Gasteiger partial charge in [0, 0.05) is 49.5 Å². The molecule has 0 aliphatic rings. The van der Waals surface area contributed by atoms with Gasteiger partial charge in [-0.1, -0.05) is 158 Å². The molecular formula is C55H34N4. The van der Waals surface area contributed by atoms with Crippen LogP contribution in [0.3, 0.4) is 0 Å². The summed E-state index contributed by atoms with van der Waals surface area (Å²) in [5.41, 5.74) is 11.1. The molecule has 0 saturated heterocycles. The molecule has 0 bridgehead atoms. The van der Waals surface area contributed by atoms with Crippen molar-refractivity contribution >= 4 is 65.0 Å². The molecule has 0 N–H and O–H groups in total. The minimum absolute atomic E-state index is 0.658. The molecule has 4 nitrogen and oxygen atoms in total. The highest BCUT2D eigenvalue weighted by molar-refractivity contribution is 6.28. The van der Waals surface area contributed by atoms with Crippen LogP contribution in [0.1, 0.15) is 0 Å². The lowest BCUT2D eigenvalue weighted by Gasteiger charge is -2.14. The monoisotopic (exact) mass is 750 g/mol. The summed E-state index contributed by atoms with van der Waals surface area (Å²) in [5.74, 6) is 0.658. The second-order valence-corrected chi connectivity index (χ2v) is 15.2. The van der Waals surface area contributed by atoms with E-state index in [2.05, 4.69) is 211 Å². The molecule has 3 aromatic heterocycles. The van der Waals surface area contributed by atoms with Gasteiger partial charge < -0.3 is 4.57 Å². The number of pyridine rings is 1. The van der Waals surface area contributed by atoms with Gasteiger partial charge in [-0.15, -0.1) is 0 Å². The highest BCUT2D eigenvalue weighted by Gasteiger charge is 2.21. The molecule has 0 amide bonds. The average Bonchev–Trinajstić information content (AvgIpc) is 3.66. The summed E-state index contributed by atoms with van der Waals surface area (Å²) in [6.07, 6.45) is 0. The SMILES string of the molecule is c1ccc(-c2nc3cc(-c4nc(-c5ccc6ccccc6c5)cc(-c5ccc6ccccc6c5)n4)ccc3c3ccc4c(c5ccccc5n4-c4ccccc4)c23)cc1. The first-order valence-electron chi connectivity index (χ1n) is 20.0. The molecule has 12 rings (SSSR count). The van der Waals surface area contributed by atoms with Crippen molar-refractivity contribution in [2.75, 3.05) is 0 Å². The van der Waals surface area contributed by atoms with Gasteiger partial charge >= 0.3 is 0 Å².